The molecular weight excluding hydrogens is 278 g/mol. The van der Waals surface area contributed by atoms with E-state index in [0.717, 1.165) is 12.8 Å². The highest BCUT2D eigenvalue weighted by molar-refractivity contribution is 5.95. The first-order valence-electron chi connectivity index (χ1n) is 8.25. The topological polar surface area (TPSA) is 38.8 Å². The number of methoxy groups -OCH3 is 1. The molecule has 4 heteroatoms. The van der Waals surface area contributed by atoms with Gasteiger partial charge >= 0.3 is 0 Å². The summed E-state index contributed by atoms with van der Waals surface area (Å²) < 4.78 is 10.8. The number of nitrogens with zero attached hydrogens (tertiary/aromatic N) is 1. The smallest absolute Gasteiger partial charge is 0.253 e. The summed E-state index contributed by atoms with van der Waals surface area (Å²) in [5.74, 6) is 1.36. The van der Waals surface area contributed by atoms with Crippen molar-refractivity contribution >= 4 is 5.91 Å². The zero-order valence-electron chi connectivity index (χ0n) is 13.9. The fourth-order valence-electron chi connectivity index (χ4n) is 3.09. The van der Waals surface area contributed by atoms with E-state index in [1.807, 2.05) is 31.0 Å². The molecule has 4 nitrogen and oxygen atoms in total. The Labute approximate surface area is 133 Å². The van der Waals surface area contributed by atoms with Gasteiger partial charge in [0.2, 0.25) is 0 Å². The highest BCUT2D eigenvalue weighted by Crippen LogP contribution is 2.29. The van der Waals surface area contributed by atoms with Crippen LogP contribution in [0.25, 0.3) is 0 Å². The Bertz CT molecular complexity index is 493. The molecule has 1 saturated carbocycles. The fourth-order valence-corrected chi connectivity index (χ4v) is 3.09. The zero-order chi connectivity index (χ0) is 15.9. The van der Waals surface area contributed by atoms with Gasteiger partial charge in [-0.2, -0.15) is 0 Å². The van der Waals surface area contributed by atoms with E-state index in [2.05, 4.69) is 0 Å². The Kier molecular flexibility index (Phi) is 6.10. The van der Waals surface area contributed by atoms with Crippen LogP contribution in [0.3, 0.4) is 0 Å². The Morgan fingerprint density at radius 3 is 2.45 bits per heavy atom. The number of ether oxygens (including phenoxy) is 2. The molecule has 0 heterocycles. The van der Waals surface area contributed by atoms with Gasteiger partial charge in [-0.3, -0.25) is 4.79 Å². The molecule has 1 amide bonds. The summed E-state index contributed by atoms with van der Waals surface area (Å²) >= 11 is 0. The number of carbonyl (C=O) groups is 1. The minimum atomic E-state index is 0.0632. The second kappa shape index (κ2) is 8.06. The van der Waals surface area contributed by atoms with Crippen LogP contribution in [0.15, 0.2) is 18.2 Å². The molecule has 1 aliphatic carbocycles. The van der Waals surface area contributed by atoms with Crippen LogP contribution in [0, 0.1) is 0 Å². The van der Waals surface area contributed by atoms with E-state index in [1.54, 1.807) is 13.2 Å². The average molecular weight is 305 g/mol. The predicted molar refractivity (Wildman–Crippen MR) is 87.7 cm³/mol. The molecule has 1 aromatic rings. The van der Waals surface area contributed by atoms with Gasteiger partial charge in [0.15, 0.2) is 11.5 Å². The second-order valence-corrected chi connectivity index (χ2v) is 5.86. The van der Waals surface area contributed by atoms with E-state index >= 15 is 0 Å². The van der Waals surface area contributed by atoms with E-state index in [-0.39, 0.29) is 5.91 Å². The minimum absolute atomic E-state index is 0.0632. The Balaban J connectivity index is 2.13. The third-order valence-corrected chi connectivity index (χ3v) is 4.40. The first-order valence-corrected chi connectivity index (χ1v) is 8.25. The zero-order valence-corrected chi connectivity index (χ0v) is 13.9. The standard InChI is InChI=1S/C18H27NO3/c1-4-22-16-12-11-14(13-17(16)21-3)18(20)19(2)15-9-7-5-6-8-10-15/h11-13,15H,4-10H2,1-3H3. The predicted octanol–water partition coefficient (Wildman–Crippen LogP) is 3.89. The van der Waals surface area contributed by atoms with Crippen molar-refractivity contribution < 1.29 is 14.3 Å². The third kappa shape index (κ3) is 3.93. The second-order valence-electron chi connectivity index (χ2n) is 5.86. The average Bonchev–Trinajstić information content (AvgIpc) is 2.83. The summed E-state index contributed by atoms with van der Waals surface area (Å²) in [6.45, 7) is 2.50. The van der Waals surface area contributed by atoms with Crippen LogP contribution in [0.1, 0.15) is 55.8 Å². The molecule has 0 aliphatic heterocycles. The van der Waals surface area contributed by atoms with Crippen LogP contribution in [0.4, 0.5) is 0 Å². The molecular formula is C18H27NO3. The van der Waals surface area contributed by atoms with Crippen LogP contribution in [-0.2, 0) is 0 Å². The van der Waals surface area contributed by atoms with Crippen molar-refractivity contribution in [1.82, 2.24) is 4.90 Å². The van der Waals surface area contributed by atoms with Crippen LogP contribution in [0.5, 0.6) is 11.5 Å². The van der Waals surface area contributed by atoms with Gasteiger partial charge in [-0.05, 0) is 38.0 Å². The maximum atomic E-state index is 12.7. The monoisotopic (exact) mass is 305 g/mol. The van der Waals surface area contributed by atoms with Gasteiger partial charge < -0.3 is 14.4 Å². The quantitative estimate of drug-likeness (QED) is 0.775. The Hall–Kier alpha value is -1.71. The van der Waals surface area contributed by atoms with Crippen molar-refractivity contribution in [1.29, 1.82) is 0 Å². The van der Waals surface area contributed by atoms with Gasteiger partial charge in [0.25, 0.3) is 5.91 Å². The molecule has 0 saturated heterocycles. The van der Waals surface area contributed by atoms with Gasteiger partial charge in [-0.1, -0.05) is 25.7 Å². The normalized spacial score (nSPS) is 16.0. The van der Waals surface area contributed by atoms with E-state index in [9.17, 15) is 4.79 Å². The summed E-state index contributed by atoms with van der Waals surface area (Å²) in [5, 5.41) is 0. The molecule has 0 radical (unpaired) electrons. The number of carbonyl (C=O) groups excluding carboxylic acids is 1. The Morgan fingerprint density at radius 2 is 1.86 bits per heavy atom. The van der Waals surface area contributed by atoms with Crippen molar-refractivity contribution in [2.45, 2.75) is 51.5 Å². The van der Waals surface area contributed by atoms with Gasteiger partial charge in [-0.15, -0.1) is 0 Å². The summed E-state index contributed by atoms with van der Waals surface area (Å²) in [5.41, 5.74) is 0.659. The maximum Gasteiger partial charge on any atom is 0.253 e. The maximum absolute atomic E-state index is 12.7. The first kappa shape index (κ1) is 16.7. The van der Waals surface area contributed by atoms with Crippen molar-refractivity contribution in [3.8, 4) is 11.5 Å². The molecule has 0 N–H and O–H groups in total. The molecule has 0 spiro atoms. The van der Waals surface area contributed by atoms with Crippen LogP contribution >= 0.6 is 0 Å². The van der Waals surface area contributed by atoms with Crippen molar-refractivity contribution in [3.05, 3.63) is 23.8 Å². The largest absolute Gasteiger partial charge is 0.493 e. The minimum Gasteiger partial charge on any atom is -0.493 e. The molecule has 0 unspecified atom stereocenters. The summed E-state index contributed by atoms with van der Waals surface area (Å²) in [4.78, 5) is 14.6. The van der Waals surface area contributed by atoms with E-state index in [1.165, 1.54) is 25.7 Å². The van der Waals surface area contributed by atoms with Crippen molar-refractivity contribution in [3.63, 3.8) is 0 Å². The molecule has 0 atom stereocenters. The lowest BCUT2D eigenvalue weighted by Crippen LogP contribution is -2.36. The third-order valence-electron chi connectivity index (χ3n) is 4.40. The van der Waals surface area contributed by atoms with Gasteiger partial charge in [-0.25, -0.2) is 0 Å². The number of benzene rings is 1. The molecule has 122 valence electrons. The van der Waals surface area contributed by atoms with E-state index in [0.29, 0.717) is 29.7 Å². The molecule has 2 rings (SSSR count). The van der Waals surface area contributed by atoms with E-state index < -0.39 is 0 Å². The number of amides is 1. The van der Waals surface area contributed by atoms with Crippen LogP contribution in [0.2, 0.25) is 0 Å². The molecule has 1 aromatic carbocycles. The van der Waals surface area contributed by atoms with Gasteiger partial charge in [0.05, 0.1) is 13.7 Å². The van der Waals surface area contributed by atoms with Gasteiger partial charge in [0, 0.05) is 18.7 Å². The molecule has 0 aromatic heterocycles. The van der Waals surface area contributed by atoms with Gasteiger partial charge in [0.1, 0.15) is 0 Å². The lowest BCUT2D eigenvalue weighted by Gasteiger charge is -2.27. The van der Waals surface area contributed by atoms with E-state index in [4.69, 9.17) is 9.47 Å². The number of hydrogen-bond donors (Lipinski definition) is 0. The summed E-state index contributed by atoms with van der Waals surface area (Å²) in [6, 6.07) is 5.77. The van der Waals surface area contributed by atoms with Crippen molar-refractivity contribution in [2.24, 2.45) is 0 Å². The molecule has 1 fully saturated rings. The lowest BCUT2D eigenvalue weighted by atomic mass is 10.1. The molecule has 1 aliphatic rings. The number of hydrogen-bond acceptors (Lipinski definition) is 3. The fraction of sp³-hybridized carbons (Fsp3) is 0.611. The molecule has 22 heavy (non-hydrogen) atoms. The first-order chi connectivity index (χ1) is 10.7. The Morgan fingerprint density at radius 1 is 1.18 bits per heavy atom. The number of rotatable bonds is 5. The van der Waals surface area contributed by atoms with Crippen molar-refractivity contribution in [2.75, 3.05) is 20.8 Å². The molecule has 0 bridgehead atoms. The highest BCUT2D eigenvalue weighted by Gasteiger charge is 2.23. The van der Waals surface area contributed by atoms with Crippen LogP contribution < -0.4 is 9.47 Å². The SMILES string of the molecule is CCOc1ccc(C(=O)N(C)C2CCCCCC2)cc1OC. The highest BCUT2D eigenvalue weighted by atomic mass is 16.5. The summed E-state index contributed by atoms with van der Waals surface area (Å²) in [6.07, 6.45) is 7.22. The summed E-state index contributed by atoms with van der Waals surface area (Å²) in [7, 11) is 3.52. The van der Waals surface area contributed by atoms with Crippen LogP contribution in [-0.4, -0.2) is 37.6 Å². The lowest BCUT2D eigenvalue weighted by molar-refractivity contribution is 0.0717.